The Hall–Kier alpha value is -0.433. The second-order valence-electron chi connectivity index (χ2n) is 9.84. The molecule has 0 aliphatic rings. The van der Waals surface area contributed by atoms with Gasteiger partial charge in [-0.2, -0.15) is 0 Å². The highest BCUT2D eigenvalue weighted by Crippen LogP contribution is 2.19. The van der Waals surface area contributed by atoms with Crippen LogP contribution in [0.4, 0.5) is 0 Å². The maximum atomic E-state index is 12.1. The lowest BCUT2D eigenvalue weighted by molar-refractivity contribution is -0.121. The monoisotopic (exact) mass is 515 g/mol. The van der Waals surface area contributed by atoms with Crippen molar-refractivity contribution in [3.8, 4) is 0 Å². The van der Waals surface area contributed by atoms with Gasteiger partial charge in [-0.25, -0.2) is 0 Å². The third-order valence-electron chi connectivity index (χ3n) is 6.58. The summed E-state index contributed by atoms with van der Waals surface area (Å²) < 4.78 is 17.7. The van der Waals surface area contributed by atoms with Crippen LogP contribution in [0.1, 0.15) is 150 Å². The minimum atomic E-state index is -2.54. The summed E-state index contributed by atoms with van der Waals surface area (Å²) >= 11 is 0. The second-order valence-corrected chi connectivity index (χ2v) is 12.6. The summed E-state index contributed by atoms with van der Waals surface area (Å²) in [5.41, 5.74) is 0. The molecule has 0 saturated heterocycles. The van der Waals surface area contributed by atoms with E-state index in [2.05, 4.69) is 12.2 Å². The maximum absolute atomic E-state index is 12.1. The highest BCUT2D eigenvalue weighted by Gasteiger charge is 2.39. The molecule has 0 aromatic rings. The normalized spacial score (nSPS) is 11.8. The molecule has 5 nitrogen and oxygen atoms in total. The summed E-state index contributed by atoms with van der Waals surface area (Å²) in [5, 5.41) is 3.07. The van der Waals surface area contributed by atoms with Crippen LogP contribution < -0.4 is 5.32 Å². The molecule has 0 heterocycles. The van der Waals surface area contributed by atoms with Gasteiger partial charge in [-0.3, -0.25) is 4.79 Å². The first-order valence-electron chi connectivity index (χ1n) is 15.3. The van der Waals surface area contributed by atoms with Gasteiger partial charge in [-0.1, -0.05) is 103 Å². The quantitative estimate of drug-likeness (QED) is 0.0837. The molecule has 0 aromatic carbocycles. The number of carbonyl (C=O) groups excluding carboxylic acids is 1. The van der Waals surface area contributed by atoms with Gasteiger partial charge in [0.2, 0.25) is 5.91 Å². The van der Waals surface area contributed by atoms with Crippen molar-refractivity contribution in [3.05, 3.63) is 0 Å². The number of nitrogens with one attached hydrogen (secondary N) is 1. The molecule has 0 rings (SSSR count). The standard InChI is InChI=1S/C29H61NO4Si/c1-5-9-10-11-12-13-14-15-16-17-18-19-20-21-22-23-26-29(31)30-27-24-25-28-35(32-6-2,33-7-3)34-8-4/h5-28H2,1-4H3,(H,30,31). The van der Waals surface area contributed by atoms with Crippen molar-refractivity contribution in [1.29, 1.82) is 0 Å². The van der Waals surface area contributed by atoms with Gasteiger partial charge in [0.15, 0.2) is 0 Å². The van der Waals surface area contributed by atoms with Gasteiger partial charge in [0, 0.05) is 38.8 Å². The zero-order valence-electron chi connectivity index (χ0n) is 24.1. The number of unbranched alkanes of at least 4 members (excludes halogenated alkanes) is 16. The lowest BCUT2D eigenvalue weighted by Gasteiger charge is -2.28. The molecule has 0 fully saturated rings. The van der Waals surface area contributed by atoms with E-state index < -0.39 is 8.80 Å². The molecule has 0 aliphatic carbocycles. The smallest absolute Gasteiger partial charge is 0.374 e. The van der Waals surface area contributed by atoms with Crippen LogP contribution in [-0.4, -0.2) is 41.1 Å². The summed E-state index contributed by atoms with van der Waals surface area (Å²) in [4.78, 5) is 12.1. The minimum Gasteiger partial charge on any atom is -0.374 e. The van der Waals surface area contributed by atoms with Crippen molar-refractivity contribution in [2.24, 2.45) is 0 Å². The number of hydrogen-bond donors (Lipinski definition) is 1. The van der Waals surface area contributed by atoms with Crippen molar-refractivity contribution in [3.63, 3.8) is 0 Å². The van der Waals surface area contributed by atoms with E-state index in [9.17, 15) is 4.79 Å². The van der Waals surface area contributed by atoms with Gasteiger partial charge in [-0.05, 0) is 40.0 Å². The highest BCUT2D eigenvalue weighted by molar-refractivity contribution is 6.60. The molecular weight excluding hydrogens is 454 g/mol. The Kier molecular flexibility index (Phi) is 26.3. The number of carbonyl (C=O) groups is 1. The summed E-state index contributed by atoms with van der Waals surface area (Å²) in [7, 11) is -2.54. The molecule has 6 heteroatoms. The predicted octanol–water partition coefficient (Wildman–Crippen LogP) is 8.58. The van der Waals surface area contributed by atoms with Gasteiger partial charge in [-0.15, -0.1) is 0 Å². The molecule has 0 unspecified atom stereocenters. The number of hydrogen-bond acceptors (Lipinski definition) is 4. The van der Waals surface area contributed by atoms with Crippen LogP contribution in [0.25, 0.3) is 0 Å². The molecular formula is C29H61NO4Si. The summed E-state index contributed by atoms with van der Waals surface area (Å²) in [5.74, 6) is 0.193. The lowest BCUT2D eigenvalue weighted by atomic mass is 10.0. The predicted molar refractivity (Wildman–Crippen MR) is 152 cm³/mol. The zero-order valence-corrected chi connectivity index (χ0v) is 25.1. The van der Waals surface area contributed by atoms with Gasteiger partial charge in [0.1, 0.15) is 0 Å². The second kappa shape index (κ2) is 26.6. The molecule has 0 aromatic heterocycles. The maximum Gasteiger partial charge on any atom is 0.500 e. The fourth-order valence-electron chi connectivity index (χ4n) is 4.62. The van der Waals surface area contributed by atoms with E-state index >= 15 is 0 Å². The summed E-state index contributed by atoms with van der Waals surface area (Å²) in [6.45, 7) is 10.8. The van der Waals surface area contributed by atoms with Gasteiger partial charge >= 0.3 is 8.80 Å². The van der Waals surface area contributed by atoms with Crippen molar-refractivity contribution in [2.45, 2.75) is 156 Å². The van der Waals surface area contributed by atoms with E-state index in [0.29, 0.717) is 26.2 Å². The summed E-state index contributed by atoms with van der Waals surface area (Å²) in [6, 6.07) is 0.817. The Balaban J connectivity index is 3.49. The zero-order chi connectivity index (χ0) is 25.9. The van der Waals surface area contributed by atoms with Crippen LogP contribution in [0, 0.1) is 0 Å². The first kappa shape index (κ1) is 34.6. The molecule has 0 saturated carbocycles. The average Bonchev–Trinajstić information content (AvgIpc) is 2.84. The first-order valence-corrected chi connectivity index (χ1v) is 17.3. The van der Waals surface area contributed by atoms with Crippen LogP contribution in [0.3, 0.4) is 0 Å². The van der Waals surface area contributed by atoms with E-state index in [1.54, 1.807) is 0 Å². The highest BCUT2D eigenvalue weighted by atomic mass is 28.4. The van der Waals surface area contributed by atoms with Crippen LogP contribution in [0.2, 0.25) is 6.04 Å². The lowest BCUT2D eigenvalue weighted by Crippen LogP contribution is -2.46. The van der Waals surface area contributed by atoms with Gasteiger partial charge in [0.25, 0.3) is 0 Å². The molecule has 1 N–H and O–H groups in total. The first-order chi connectivity index (χ1) is 17.1. The van der Waals surface area contributed by atoms with Gasteiger partial charge < -0.3 is 18.6 Å². The Bertz CT molecular complexity index is 433. The van der Waals surface area contributed by atoms with Crippen LogP contribution >= 0.6 is 0 Å². The van der Waals surface area contributed by atoms with E-state index in [0.717, 1.165) is 31.9 Å². The van der Waals surface area contributed by atoms with Gasteiger partial charge in [0.05, 0.1) is 0 Å². The average molecular weight is 516 g/mol. The van der Waals surface area contributed by atoms with E-state index in [1.807, 2.05) is 20.8 Å². The molecule has 0 spiro atoms. The van der Waals surface area contributed by atoms with E-state index in [1.165, 1.54) is 96.3 Å². The van der Waals surface area contributed by atoms with Crippen molar-refractivity contribution in [1.82, 2.24) is 5.32 Å². The Labute approximate surface area is 220 Å². The fraction of sp³-hybridized carbons (Fsp3) is 0.966. The van der Waals surface area contributed by atoms with Crippen LogP contribution in [0.15, 0.2) is 0 Å². The summed E-state index contributed by atoms with van der Waals surface area (Å²) in [6.07, 6.45) is 24.3. The Morgan fingerprint density at radius 1 is 0.543 bits per heavy atom. The molecule has 210 valence electrons. The molecule has 0 radical (unpaired) electrons. The minimum absolute atomic E-state index is 0.193. The Morgan fingerprint density at radius 3 is 1.34 bits per heavy atom. The molecule has 1 amide bonds. The van der Waals surface area contributed by atoms with Crippen LogP contribution in [-0.2, 0) is 18.1 Å². The molecule has 0 atom stereocenters. The SMILES string of the molecule is CCCCCCCCCCCCCCCCCCC(=O)NCCCC[Si](OCC)(OCC)OCC. The third-order valence-corrected chi connectivity index (χ3v) is 9.73. The number of amides is 1. The van der Waals surface area contributed by atoms with Crippen molar-refractivity contribution in [2.75, 3.05) is 26.4 Å². The fourth-order valence-corrected chi connectivity index (χ4v) is 7.30. The molecule has 0 bridgehead atoms. The Morgan fingerprint density at radius 2 is 0.943 bits per heavy atom. The third kappa shape index (κ3) is 22.5. The van der Waals surface area contributed by atoms with Crippen molar-refractivity contribution >= 4 is 14.7 Å². The number of rotatable bonds is 28. The largest absolute Gasteiger partial charge is 0.500 e. The molecule has 35 heavy (non-hydrogen) atoms. The topological polar surface area (TPSA) is 56.8 Å². The van der Waals surface area contributed by atoms with Crippen LogP contribution in [0.5, 0.6) is 0 Å². The molecule has 0 aliphatic heterocycles. The van der Waals surface area contributed by atoms with E-state index in [-0.39, 0.29) is 5.91 Å². The van der Waals surface area contributed by atoms with Crippen molar-refractivity contribution < 1.29 is 18.1 Å². The van der Waals surface area contributed by atoms with E-state index in [4.69, 9.17) is 13.3 Å².